The van der Waals surface area contributed by atoms with Gasteiger partial charge >= 0.3 is 0 Å². The molecule has 0 saturated heterocycles. The topological polar surface area (TPSA) is 38.0 Å². The summed E-state index contributed by atoms with van der Waals surface area (Å²) >= 11 is 9.52. The molecule has 16 heavy (non-hydrogen) atoms. The van der Waals surface area contributed by atoms with Crippen LogP contribution in [0.4, 0.5) is 0 Å². The third kappa shape index (κ3) is 4.06. The molecule has 0 radical (unpaired) electrons. The molecule has 1 unspecified atom stereocenters. The molecule has 1 atom stereocenters. The molecule has 0 aliphatic heterocycles. The fourth-order valence-corrected chi connectivity index (χ4v) is 2.18. The third-order valence-electron chi connectivity index (χ3n) is 2.34. The van der Waals surface area contributed by atoms with E-state index in [1.165, 1.54) is 0 Å². The Morgan fingerprint density at radius 1 is 1.44 bits per heavy atom. The number of halogens is 2. The van der Waals surface area contributed by atoms with Gasteiger partial charge in [-0.2, -0.15) is 0 Å². The van der Waals surface area contributed by atoms with Gasteiger partial charge in [0, 0.05) is 22.1 Å². The number of rotatable bonds is 5. The zero-order valence-corrected chi connectivity index (χ0v) is 12.0. The van der Waals surface area contributed by atoms with Gasteiger partial charge in [-0.25, -0.2) is 0 Å². The van der Waals surface area contributed by atoms with Crippen molar-refractivity contribution in [3.63, 3.8) is 0 Å². The highest BCUT2D eigenvalue weighted by Crippen LogP contribution is 2.26. The minimum atomic E-state index is 0.149. The summed E-state index contributed by atoms with van der Waals surface area (Å²) in [5.41, 5.74) is 6.90. The monoisotopic (exact) mass is 304 g/mol. The van der Waals surface area contributed by atoms with Crippen molar-refractivity contribution in [3.05, 3.63) is 33.3 Å². The molecule has 0 heterocycles. The molecule has 0 fully saturated rings. The molecular formula is C12H18BrClN2. The van der Waals surface area contributed by atoms with Crippen molar-refractivity contribution in [2.45, 2.75) is 19.9 Å². The highest BCUT2D eigenvalue weighted by Gasteiger charge is 2.13. The summed E-state index contributed by atoms with van der Waals surface area (Å²) in [7, 11) is 0. The average molecular weight is 306 g/mol. The normalized spacial score (nSPS) is 13.1. The molecular weight excluding hydrogens is 288 g/mol. The Kier molecular flexibility index (Phi) is 5.76. The molecule has 2 nitrogen and oxygen atoms in total. The lowest BCUT2D eigenvalue weighted by atomic mass is 10.1. The van der Waals surface area contributed by atoms with Crippen LogP contribution in [0.1, 0.15) is 25.5 Å². The van der Waals surface area contributed by atoms with E-state index < -0.39 is 0 Å². The maximum Gasteiger partial charge on any atom is 0.0456 e. The van der Waals surface area contributed by atoms with E-state index in [4.69, 9.17) is 17.3 Å². The second kappa shape index (κ2) is 6.60. The molecule has 4 heteroatoms. The first-order valence-electron chi connectivity index (χ1n) is 5.43. The van der Waals surface area contributed by atoms with Crippen LogP contribution in [0.25, 0.3) is 0 Å². The fourth-order valence-electron chi connectivity index (χ4n) is 1.48. The largest absolute Gasteiger partial charge is 0.329 e. The highest BCUT2D eigenvalue weighted by molar-refractivity contribution is 9.10. The van der Waals surface area contributed by atoms with Gasteiger partial charge in [-0.1, -0.05) is 41.4 Å². The van der Waals surface area contributed by atoms with Crippen molar-refractivity contribution >= 4 is 27.5 Å². The van der Waals surface area contributed by atoms with Gasteiger partial charge in [0.1, 0.15) is 0 Å². The first kappa shape index (κ1) is 14.0. The van der Waals surface area contributed by atoms with Crippen molar-refractivity contribution in [1.29, 1.82) is 0 Å². The average Bonchev–Trinajstić information content (AvgIpc) is 2.23. The van der Waals surface area contributed by atoms with Gasteiger partial charge < -0.3 is 11.1 Å². The SMILES string of the molecule is CC(C)CNC(CN)c1cc(Cl)ccc1Br. The molecule has 0 saturated carbocycles. The summed E-state index contributed by atoms with van der Waals surface area (Å²) < 4.78 is 1.05. The number of hydrogen-bond acceptors (Lipinski definition) is 2. The molecule has 0 aliphatic rings. The Morgan fingerprint density at radius 2 is 2.12 bits per heavy atom. The summed E-state index contributed by atoms with van der Waals surface area (Å²) in [5, 5.41) is 4.18. The van der Waals surface area contributed by atoms with Crippen molar-refractivity contribution in [1.82, 2.24) is 5.32 Å². The molecule has 0 amide bonds. The number of nitrogens with two attached hydrogens (primary N) is 1. The van der Waals surface area contributed by atoms with Gasteiger partial charge in [-0.3, -0.25) is 0 Å². The summed E-state index contributed by atoms with van der Waals surface area (Å²) in [6, 6.07) is 5.93. The Hall–Kier alpha value is -0.0900. The van der Waals surface area contributed by atoms with Crippen molar-refractivity contribution in [2.75, 3.05) is 13.1 Å². The summed E-state index contributed by atoms with van der Waals surface area (Å²) in [6.45, 7) is 5.85. The molecule has 0 aliphatic carbocycles. The van der Waals surface area contributed by atoms with Gasteiger partial charge in [-0.05, 0) is 36.2 Å². The molecule has 1 aromatic carbocycles. The van der Waals surface area contributed by atoms with Gasteiger partial charge in [0.2, 0.25) is 0 Å². The van der Waals surface area contributed by atoms with E-state index >= 15 is 0 Å². The third-order valence-corrected chi connectivity index (χ3v) is 3.30. The van der Waals surface area contributed by atoms with Gasteiger partial charge in [0.05, 0.1) is 0 Å². The summed E-state index contributed by atoms with van der Waals surface area (Å²) in [6.07, 6.45) is 0. The molecule has 90 valence electrons. The van der Waals surface area contributed by atoms with Crippen LogP contribution in [0.15, 0.2) is 22.7 Å². The Balaban J connectivity index is 2.81. The van der Waals surface area contributed by atoms with Crippen molar-refractivity contribution in [2.24, 2.45) is 11.7 Å². The van der Waals surface area contributed by atoms with E-state index in [9.17, 15) is 0 Å². The maximum atomic E-state index is 5.99. The van der Waals surface area contributed by atoms with Crippen LogP contribution in [-0.4, -0.2) is 13.1 Å². The van der Waals surface area contributed by atoms with Crippen LogP contribution in [-0.2, 0) is 0 Å². The lowest BCUT2D eigenvalue weighted by molar-refractivity contribution is 0.478. The standard InChI is InChI=1S/C12H18BrClN2/c1-8(2)7-16-12(6-15)10-5-9(14)3-4-11(10)13/h3-5,8,12,16H,6-7,15H2,1-2H3. The number of benzene rings is 1. The first-order valence-corrected chi connectivity index (χ1v) is 6.60. The van der Waals surface area contributed by atoms with E-state index in [1.54, 1.807) is 0 Å². The second-order valence-corrected chi connectivity index (χ2v) is 5.55. The van der Waals surface area contributed by atoms with Crippen LogP contribution in [0.5, 0.6) is 0 Å². The molecule has 0 spiro atoms. The highest BCUT2D eigenvalue weighted by atomic mass is 79.9. The van der Waals surface area contributed by atoms with Crippen LogP contribution < -0.4 is 11.1 Å². The van der Waals surface area contributed by atoms with Gasteiger partial charge in [0.15, 0.2) is 0 Å². The first-order chi connectivity index (χ1) is 7.54. The van der Waals surface area contributed by atoms with Crippen molar-refractivity contribution < 1.29 is 0 Å². The quantitative estimate of drug-likeness (QED) is 0.875. The Morgan fingerprint density at radius 3 is 2.69 bits per heavy atom. The zero-order valence-electron chi connectivity index (χ0n) is 9.63. The summed E-state index contributed by atoms with van der Waals surface area (Å²) in [4.78, 5) is 0. The minimum absolute atomic E-state index is 0.149. The Bertz CT molecular complexity index is 342. The van der Waals surface area contributed by atoms with E-state index in [0.717, 1.165) is 21.6 Å². The molecule has 0 bridgehead atoms. The summed E-state index contributed by atoms with van der Waals surface area (Å²) in [5.74, 6) is 0.604. The Labute approximate surface area is 111 Å². The van der Waals surface area contributed by atoms with Crippen LogP contribution in [0.2, 0.25) is 5.02 Å². The number of hydrogen-bond donors (Lipinski definition) is 2. The minimum Gasteiger partial charge on any atom is -0.329 e. The zero-order chi connectivity index (χ0) is 12.1. The van der Waals surface area contributed by atoms with Crippen LogP contribution >= 0.6 is 27.5 Å². The molecule has 3 N–H and O–H groups in total. The smallest absolute Gasteiger partial charge is 0.0456 e. The van der Waals surface area contributed by atoms with E-state index in [1.807, 2.05) is 18.2 Å². The van der Waals surface area contributed by atoms with E-state index in [2.05, 4.69) is 35.1 Å². The predicted molar refractivity (Wildman–Crippen MR) is 73.8 cm³/mol. The predicted octanol–water partition coefficient (Wildman–Crippen LogP) is 3.35. The lowest BCUT2D eigenvalue weighted by Crippen LogP contribution is -2.31. The fraction of sp³-hybridized carbons (Fsp3) is 0.500. The van der Waals surface area contributed by atoms with E-state index in [-0.39, 0.29) is 6.04 Å². The van der Waals surface area contributed by atoms with Gasteiger partial charge in [-0.15, -0.1) is 0 Å². The second-order valence-electron chi connectivity index (χ2n) is 4.26. The van der Waals surface area contributed by atoms with Crippen LogP contribution in [0, 0.1) is 5.92 Å². The molecule has 0 aromatic heterocycles. The lowest BCUT2D eigenvalue weighted by Gasteiger charge is -2.20. The van der Waals surface area contributed by atoms with Crippen molar-refractivity contribution in [3.8, 4) is 0 Å². The molecule has 1 rings (SSSR count). The van der Waals surface area contributed by atoms with Crippen LogP contribution in [0.3, 0.4) is 0 Å². The van der Waals surface area contributed by atoms with Gasteiger partial charge in [0.25, 0.3) is 0 Å². The maximum absolute atomic E-state index is 5.99. The number of nitrogens with one attached hydrogen (secondary N) is 1. The molecule has 1 aromatic rings. The van der Waals surface area contributed by atoms with E-state index in [0.29, 0.717) is 12.5 Å².